The molecule has 0 aliphatic heterocycles. The van der Waals surface area contributed by atoms with E-state index in [1.807, 2.05) is 42.5 Å². The van der Waals surface area contributed by atoms with Crippen molar-refractivity contribution in [1.82, 2.24) is 5.32 Å². The molecule has 0 atom stereocenters. The zero-order valence-corrected chi connectivity index (χ0v) is 14.2. The zero-order chi connectivity index (χ0) is 17.0. The maximum Gasteiger partial charge on any atom is 0.223 e. The lowest BCUT2D eigenvalue weighted by Gasteiger charge is -2.07. The molecule has 2 aromatic carbocycles. The fourth-order valence-corrected chi connectivity index (χ4v) is 2.34. The average molecular weight is 327 g/mol. The second kappa shape index (κ2) is 10.3. The van der Waals surface area contributed by atoms with Crippen molar-refractivity contribution in [2.24, 2.45) is 0 Å². The summed E-state index contributed by atoms with van der Waals surface area (Å²) in [5.74, 6) is 1.71. The third kappa shape index (κ3) is 6.73. The molecule has 24 heavy (non-hydrogen) atoms. The van der Waals surface area contributed by atoms with Crippen LogP contribution in [0.4, 0.5) is 0 Å². The fraction of sp³-hybridized carbons (Fsp3) is 0.350. The summed E-state index contributed by atoms with van der Waals surface area (Å²) in [6, 6.07) is 17.7. The van der Waals surface area contributed by atoms with Gasteiger partial charge in [-0.3, -0.25) is 4.79 Å². The van der Waals surface area contributed by atoms with E-state index in [-0.39, 0.29) is 5.91 Å². The predicted molar refractivity (Wildman–Crippen MR) is 95.5 cm³/mol. The van der Waals surface area contributed by atoms with Crippen LogP contribution in [0.25, 0.3) is 0 Å². The van der Waals surface area contributed by atoms with Crippen molar-refractivity contribution in [3.05, 3.63) is 60.2 Å². The Labute approximate surface area is 143 Å². The Balaban J connectivity index is 1.51. The van der Waals surface area contributed by atoms with Gasteiger partial charge in [-0.25, -0.2) is 0 Å². The summed E-state index contributed by atoms with van der Waals surface area (Å²) in [5, 5.41) is 2.93. The van der Waals surface area contributed by atoms with E-state index in [0.29, 0.717) is 19.6 Å². The average Bonchev–Trinajstić information content (AvgIpc) is 2.63. The largest absolute Gasteiger partial charge is 0.497 e. The number of carbonyl (C=O) groups excluding carboxylic acids is 1. The zero-order valence-electron chi connectivity index (χ0n) is 14.2. The number of carbonyl (C=O) groups is 1. The molecule has 4 nitrogen and oxygen atoms in total. The topological polar surface area (TPSA) is 47.6 Å². The van der Waals surface area contributed by atoms with Crippen molar-refractivity contribution in [1.29, 1.82) is 0 Å². The highest BCUT2D eigenvalue weighted by Gasteiger charge is 2.01. The van der Waals surface area contributed by atoms with Crippen LogP contribution >= 0.6 is 0 Å². The first-order chi connectivity index (χ1) is 11.8. The number of rotatable bonds is 10. The molecule has 0 heterocycles. The Morgan fingerprint density at radius 2 is 1.71 bits per heavy atom. The van der Waals surface area contributed by atoms with E-state index >= 15 is 0 Å². The molecule has 2 rings (SSSR count). The summed E-state index contributed by atoms with van der Waals surface area (Å²) in [4.78, 5) is 11.7. The van der Waals surface area contributed by atoms with Gasteiger partial charge in [0.15, 0.2) is 0 Å². The summed E-state index contributed by atoms with van der Waals surface area (Å²) in [6.07, 6.45) is 3.41. The standard InChI is InChI=1S/C20H25NO3/c1-23-18-12-10-17(11-13-18)7-5-6-15-21-20(22)14-16-24-19-8-3-2-4-9-19/h2-4,8-13H,5-7,14-16H2,1H3,(H,21,22). The van der Waals surface area contributed by atoms with Crippen molar-refractivity contribution >= 4 is 5.91 Å². The molecule has 0 spiro atoms. The van der Waals surface area contributed by atoms with Crippen LogP contribution in [0.1, 0.15) is 24.8 Å². The van der Waals surface area contributed by atoms with Crippen LogP contribution in [0.3, 0.4) is 0 Å². The number of aryl methyl sites for hydroxylation is 1. The van der Waals surface area contributed by atoms with Gasteiger partial charge in [-0.2, -0.15) is 0 Å². The minimum atomic E-state index is 0.0374. The molecule has 4 heteroatoms. The number of benzene rings is 2. The van der Waals surface area contributed by atoms with Crippen LogP contribution in [-0.4, -0.2) is 26.2 Å². The molecular formula is C20H25NO3. The normalized spacial score (nSPS) is 10.2. The van der Waals surface area contributed by atoms with Crippen LogP contribution in [0, 0.1) is 0 Å². The van der Waals surface area contributed by atoms with Gasteiger partial charge >= 0.3 is 0 Å². The first-order valence-electron chi connectivity index (χ1n) is 8.35. The van der Waals surface area contributed by atoms with Crippen molar-refractivity contribution < 1.29 is 14.3 Å². The van der Waals surface area contributed by atoms with Gasteiger partial charge < -0.3 is 14.8 Å². The Kier molecular flexibility index (Phi) is 7.68. The predicted octanol–water partition coefficient (Wildman–Crippen LogP) is 3.60. The van der Waals surface area contributed by atoms with Gasteiger partial charge in [0.25, 0.3) is 0 Å². The van der Waals surface area contributed by atoms with Crippen LogP contribution in [0.2, 0.25) is 0 Å². The number of hydrogen-bond acceptors (Lipinski definition) is 3. The van der Waals surface area contributed by atoms with Gasteiger partial charge in [0.1, 0.15) is 11.5 Å². The summed E-state index contributed by atoms with van der Waals surface area (Å²) in [5.41, 5.74) is 1.29. The highest BCUT2D eigenvalue weighted by atomic mass is 16.5. The van der Waals surface area contributed by atoms with Crippen molar-refractivity contribution in [3.63, 3.8) is 0 Å². The quantitative estimate of drug-likeness (QED) is 0.678. The molecular weight excluding hydrogens is 302 g/mol. The second-order valence-electron chi connectivity index (χ2n) is 5.57. The Hall–Kier alpha value is -2.49. The van der Waals surface area contributed by atoms with E-state index in [9.17, 15) is 4.79 Å². The third-order valence-corrected chi connectivity index (χ3v) is 3.71. The fourth-order valence-electron chi connectivity index (χ4n) is 2.34. The molecule has 0 aliphatic rings. The molecule has 0 fully saturated rings. The maximum absolute atomic E-state index is 11.7. The lowest BCUT2D eigenvalue weighted by molar-refractivity contribution is -0.121. The molecule has 0 aromatic heterocycles. The number of amides is 1. The van der Waals surface area contributed by atoms with Gasteiger partial charge in [0.05, 0.1) is 20.1 Å². The summed E-state index contributed by atoms with van der Waals surface area (Å²) >= 11 is 0. The summed E-state index contributed by atoms with van der Waals surface area (Å²) in [6.45, 7) is 1.11. The van der Waals surface area contributed by atoms with Gasteiger partial charge in [0, 0.05) is 6.54 Å². The SMILES string of the molecule is COc1ccc(CCCCNC(=O)CCOc2ccccc2)cc1. The minimum absolute atomic E-state index is 0.0374. The molecule has 0 radical (unpaired) electrons. The van der Waals surface area contributed by atoms with Crippen LogP contribution in [-0.2, 0) is 11.2 Å². The molecule has 1 N–H and O–H groups in total. The second-order valence-corrected chi connectivity index (χ2v) is 5.57. The number of ether oxygens (including phenoxy) is 2. The van der Waals surface area contributed by atoms with Gasteiger partial charge in [-0.05, 0) is 49.1 Å². The van der Waals surface area contributed by atoms with Crippen molar-refractivity contribution in [3.8, 4) is 11.5 Å². The van der Waals surface area contributed by atoms with Crippen LogP contribution < -0.4 is 14.8 Å². The lowest BCUT2D eigenvalue weighted by Crippen LogP contribution is -2.25. The number of para-hydroxylation sites is 1. The van der Waals surface area contributed by atoms with E-state index in [0.717, 1.165) is 30.8 Å². The monoisotopic (exact) mass is 327 g/mol. The van der Waals surface area contributed by atoms with Crippen molar-refractivity contribution in [2.75, 3.05) is 20.3 Å². The molecule has 2 aromatic rings. The molecule has 0 saturated carbocycles. The molecule has 0 saturated heterocycles. The van der Waals surface area contributed by atoms with E-state index in [4.69, 9.17) is 9.47 Å². The third-order valence-electron chi connectivity index (χ3n) is 3.71. The van der Waals surface area contributed by atoms with Crippen molar-refractivity contribution in [2.45, 2.75) is 25.7 Å². The Morgan fingerprint density at radius 3 is 2.42 bits per heavy atom. The highest BCUT2D eigenvalue weighted by molar-refractivity contribution is 5.75. The number of hydrogen-bond donors (Lipinski definition) is 1. The van der Waals surface area contributed by atoms with Gasteiger partial charge in [-0.1, -0.05) is 30.3 Å². The van der Waals surface area contributed by atoms with E-state index in [2.05, 4.69) is 17.4 Å². The first-order valence-corrected chi connectivity index (χ1v) is 8.35. The smallest absolute Gasteiger partial charge is 0.223 e. The Morgan fingerprint density at radius 1 is 0.958 bits per heavy atom. The van der Waals surface area contributed by atoms with Gasteiger partial charge in [0.2, 0.25) is 5.91 Å². The van der Waals surface area contributed by atoms with Crippen LogP contribution in [0.15, 0.2) is 54.6 Å². The first kappa shape index (κ1) is 17.9. The van der Waals surface area contributed by atoms with Crippen LogP contribution in [0.5, 0.6) is 11.5 Å². The van der Waals surface area contributed by atoms with Gasteiger partial charge in [-0.15, -0.1) is 0 Å². The number of nitrogens with one attached hydrogen (secondary N) is 1. The molecule has 1 amide bonds. The molecule has 0 aliphatic carbocycles. The maximum atomic E-state index is 11.7. The minimum Gasteiger partial charge on any atom is -0.497 e. The molecule has 0 unspecified atom stereocenters. The summed E-state index contributed by atoms with van der Waals surface area (Å²) < 4.78 is 10.7. The molecule has 0 bridgehead atoms. The molecule has 128 valence electrons. The summed E-state index contributed by atoms with van der Waals surface area (Å²) in [7, 11) is 1.67. The Bertz CT molecular complexity index is 596. The number of unbranched alkanes of at least 4 members (excludes halogenated alkanes) is 1. The number of methoxy groups -OCH3 is 1. The lowest BCUT2D eigenvalue weighted by atomic mass is 10.1. The van der Waals surface area contributed by atoms with E-state index < -0.39 is 0 Å². The van der Waals surface area contributed by atoms with E-state index in [1.165, 1.54) is 5.56 Å². The highest BCUT2D eigenvalue weighted by Crippen LogP contribution is 2.13. The van der Waals surface area contributed by atoms with E-state index in [1.54, 1.807) is 7.11 Å².